The van der Waals surface area contributed by atoms with Crippen LogP contribution in [-0.4, -0.2) is 15.0 Å². The largest absolute Gasteiger partial charge is 0.292 e. The Bertz CT molecular complexity index is 534. The highest BCUT2D eigenvalue weighted by atomic mass is 79.9. The smallest absolute Gasteiger partial charge is 0.238 e. The van der Waals surface area contributed by atoms with Crippen molar-refractivity contribution in [3.05, 3.63) is 34.6 Å². The molecule has 0 atom stereocenters. The van der Waals surface area contributed by atoms with E-state index in [2.05, 4.69) is 36.3 Å². The molecule has 2 rings (SSSR count). The number of nitrogens with zero attached hydrogens (tertiary/aromatic N) is 3. The second-order valence-electron chi connectivity index (χ2n) is 3.21. The summed E-state index contributed by atoms with van der Waals surface area (Å²) in [6.07, 6.45) is 1.74. The van der Waals surface area contributed by atoms with Crippen molar-refractivity contribution in [2.45, 2.75) is 17.0 Å². The van der Waals surface area contributed by atoms with Crippen LogP contribution in [0, 0.1) is 6.92 Å². The average molecular weight is 312 g/mol. The summed E-state index contributed by atoms with van der Waals surface area (Å²) >= 11 is 4.89. The number of hydrogen-bond donors (Lipinski definition) is 2. The number of halogens is 1. The predicted octanol–water partition coefficient (Wildman–Crippen LogP) is 2.38. The van der Waals surface area contributed by atoms with Crippen molar-refractivity contribution >= 4 is 33.6 Å². The van der Waals surface area contributed by atoms with Gasteiger partial charge in [-0.3, -0.25) is 5.43 Å². The molecule has 0 saturated heterocycles. The minimum Gasteiger partial charge on any atom is -0.292 e. The van der Waals surface area contributed by atoms with Crippen molar-refractivity contribution in [3.63, 3.8) is 0 Å². The van der Waals surface area contributed by atoms with Gasteiger partial charge in [0, 0.05) is 11.9 Å². The molecule has 0 fully saturated rings. The van der Waals surface area contributed by atoms with E-state index in [-0.39, 0.29) is 0 Å². The minimum atomic E-state index is 0.402. The number of rotatable bonds is 3. The summed E-state index contributed by atoms with van der Waals surface area (Å²) < 4.78 is 0.934. The SMILES string of the molecule is Cc1cc(Sc2ncccc2Br)nc(NN)n1. The van der Waals surface area contributed by atoms with Crippen LogP contribution < -0.4 is 11.3 Å². The van der Waals surface area contributed by atoms with Crippen LogP contribution in [0.25, 0.3) is 0 Å². The fourth-order valence-electron chi connectivity index (χ4n) is 1.20. The summed E-state index contributed by atoms with van der Waals surface area (Å²) in [6, 6.07) is 5.68. The molecule has 2 heterocycles. The number of anilines is 1. The van der Waals surface area contributed by atoms with Gasteiger partial charge in [0.05, 0.1) is 4.47 Å². The first kappa shape index (κ1) is 12.3. The van der Waals surface area contributed by atoms with Crippen molar-refractivity contribution in [3.8, 4) is 0 Å². The van der Waals surface area contributed by atoms with Crippen LogP contribution in [0.5, 0.6) is 0 Å². The van der Waals surface area contributed by atoms with Crippen LogP contribution in [-0.2, 0) is 0 Å². The Morgan fingerprint density at radius 2 is 2.24 bits per heavy atom. The molecule has 0 unspecified atom stereocenters. The quantitative estimate of drug-likeness (QED) is 0.515. The molecule has 88 valence electrons. The molecular weight excluding hydrogens is 302 g/mol. The van der Waals surface area contributed by atoms with Crippen molar-refractivity contribution in [2.75, 3.05) is 5.43 Å². The Balaban J connectivity index is 2.30. The van der Waals surface area contributed by atoms with Gasteiger partial charge in [0.2, 0.25) is 5.95 Å². The Hall–Kier alpha value is -1.18. The van der Waals surface area contributed by atoms with Crippen LogP contribution in [0.15, 0.2) is 38.9 Å². The molecule has 0 aromatic carbocycles. The zero-order chi connectivity index (χ0) is 12.3. The van der Waals surface area contributed by atoms with Crippen molar-refractivity contribution in [1.82, 2.24) is 15.0 Å². The highest BCUT2D eigenvalue weighted by Crippen LogP contribution is 2.30. The molecule has 7 heteroatoms. The molecule has 0 aliphatic heterocycles. The van der Waals surface area contributed by atoms with Crippen LogP contribution in [0.4, 0.5) is 5.95 Å². The molecule has 0 radical (unpaired) electrons. The van der Waals surface area contributed by atoms with Gasteiger partial charge in [-0.05, 0) is 52.8 Å². The normalized spacial score (nSPS) is 10.3. The highest BCUT2D eigenvalue weighted by Gasteiger charge is 2.06. The Labute approximate surface area is 111 Å². The fourth-order valence-corrected chi connectivity index (χ4v) is 2.54. The molecule has 0 saturated carbocycles. The maximum absolute atomic E-state index is 5.30. The number of nitrogens with two attached hydrogens (primary N) is 1. The van der Waals surface area contributed by atoms with Gasteiger partial charge >= 0.3 is 0 Å². The van der Waals surface area contributed by atoms with Crippen molar-refractivity contribution in [2.24, 2.45) is 5.84 Å². The van der Waals surface area contributed by atoms with Gasteiger partial charge in [0.1, 0.15) is 10.1 Å². The Morgan fingerprint density at radius 1 is 1.41 bits per heavy atom. The molecule has 0 spiro atoms. The molecule has 5 nitrogen and oxygen atoms in total. The first-order valence-electron chi connectivity index (χ1n) is 4.79. The summed E-state index contributed by atoms with van der Waals surface area (Å²) in [5, 5.41) is 1.65. The monoisotopic (exact) mass is 311 g/mol. The van der Waals surface area contributed by atoms with E-state index in [9.17, 15) is 0 Å². The lowest BCUT2D eigenvalue weighted by Gasteiger charge is -2.05. The van der Waals surface area contributed by atoms with Crippen LogP contribution in [0.1, 0.15) is 5.69 Å². The predicted molar refractivity (Wildman–Crippen MR) is 70.6 cm³/mol. The van der Waals surface area contributed by atoms with E-state index >= 15 is 0 Å². The number of nitrogens with one attached hydrogen (secondary N) is 1. The third-order valence-electron chi connectivity index (χ3n) is 1.89. The summed E-state index contributed by atoms with van der Waals surface area (Å²) in [7, 11) is 0. The molecule has 0 bridgehead atoms. The molecule has 0 aliphatic rings. The van der Waals surface area contributed by atoms with Gasteiger partial charge in [0.15, 0.2) is 0 Å². The third kappa shape index (κ3) is 3.15. The van der Waals surface area contributed by atoms with E-state index in [0.717, 1.165) is 20.2 Å². The maximum atomic E-state index is 5.30. The number of hydrogen-bond acceptors (Lipinski definition) is 6. The lowest BCUT2D eigenvalue weighted by Crippen LogP contribution is -2.11. The molecule has 0 amide bonds. The zero-order valence-corrected chi connectivity index (χ0v) is 11.4. The second kappa shape index (κ2) is 5.44. The van der Waals surface area contributed by atoms with Gasteiger partial charge in [-0.25, -0.2) is 20.8 Å². The van der Waals surface area contributed by atoms with Gasteiger partial charge in [-0.2, -0.15) is 0 Å². The molecular formula is C10H10BrN5S. The Morgan fingerprint density at radius 3 is 2.94 bits per heavy atom. The summed E-state index contributed by atoms with van der Waals surface area (Å²) in [5.41, 5.74) is 3.29. The van der Waals surface area contributed by atoms with E-state index < -0.39 is 0 Å². The number of aryl methyl sites for hydroxylation is 1. The van der Waals surface area contributed by atoms with E-state index in [1.165, 1.54) is 11.8 Å². The van der Waals surface area contributed by atoms with Crippen LogP contribution >= 0.6 is 27.7 Å². The zero-order valence-electron chi connectivity index (χ0n) is 9.01. The molecule has 2 aromatic heterocycles. The summed E-state index contributed by atoms with van der Waals surface area (Å²) in [4.78, 5) is 12.6. The van der Waals surface area contributed by atoms with Gasteiger partial charge in [-0.1, -0.05) is 0 Å². The van der Waals surface area contributed by atoms with Crippen molar-refractivity contribution in [1.29, 1.82) is 0 Å². The van der Waals surface area contributed by atoms with Crippen LogP contribution in [0.2, 0.25) is 0 Å². The van der Waals surface area contributed by atoms with E-state index in [4.69, 9.17) is 5.84 Å². The van der Waals surface area contributed by atoms with E-state index in [1.54, 1.807) is 6.20 Å². The lowest BCUT2D eigenvalue weighted by molar-refractivity contribution is 0.988. The van der Waals surface area contributed by atoms with E-state index in [1.807, 2.05) is 25.1 Å². The maximum Gasteiger partial charge on any atom is 0.238 e. The second-order valence-corrected chi connectivity index (χ2v) is 5.07. The lowest BCUT2D eigenvalue weighted by atomic mass is 10.5. The Kier molecular flexibility index (Phi) is 3.93. The van der Waals surface area contributed by atoms with Gasteiger partial charge in [-0.15, -0.1) is 0 Å². The summed E-state index contributed by atoms with van der Waals surface area (Å²) in [5.74, 6) is 5.70. The molecule has 17 heavy (non-hydrogen) atoms. The van der Waals surface area contributed by atoms with Gasteiger partial charge in [0.25, 0.3) is 0 Å². The topological polar surface area (TPSA) is 76.7 Å². The minimum absolute atomic E-state index is 0.402. The van der Waals surface area contributed by atoms with Crippen molar-refractivity contribution < 1.29 is 0 Å². The summed E-state index contributed by atoms with van der Waals surface area (Å²) in [6.45, 7) is 1.89. The number of nitrogen functional groups attached to an aromatic ring is 1. The van der Waals surface area contributed by atoms with Gasteiger partial charge < -0.3 is 0 Å². The fraction of sp³-hybridized carbons (Fsp3) is 0.100. The average Bonchev–Trinajstić information content (AvgIpc) is 2.31. The first-order chi connectivity index (χ1) is 8.19. The molecule has 3 N–H and O–H groups in total. The molecule has 2 aromatic rings. The number of hydrazine groups is 1. The van der Waals surface area contributed by atoms with E-state index in [0.29, 0.717) is 5.95 Å². The van der Waals surface area contributed by atoms with Crippen LogP contribution in [0.3, 0.4) is 0 Å². The molecule has 0 aliphatic carbocycles. The number of pyridine rings is 1. The first-order valence-corrected chi connectivity index (χ1v) is 6.40. The highest BCUT2D eigenvalue weighted by molar-refractivity contribution is 9.10. The number of aromatic nitrogens is 3. The standard InChI is InChI=1S/C10H10BrN5S/c1-6-5-8(15-10(14-6)16-12)17-9-7(11)3-2-4-13-9/h2-5H,12H2,1H3,(H,14,15,16). The third-order valence-corrected chi connectivity index (χ3v) is 3.73.